The fraction of sp³-hybridized carbons (Fsp3) is 0.438. The lowest BCUT2D eigenvalue weighted by atomic mass is 10.3. The summed E-state index contributed by atoms with van der Waals surface area (Å²) in [5.41, 5.74) is 0.574. The highest BCUT2D eigenvalue weighted by Crippen LogP contribution is 2.16. The number of carbonyl (C=O) groups is 3. The van der Waals surface area contributed by atoms with Gasteiger partial charge in [0.2, 0.25) is 5.91 Å². The van der Waals surface area contributed by atoms with Crippen LogP contribution >= 0.6 is 0 Å². The SMILES string of the molecule is CCCC(=O)OCC(=O)N(C)CC(=O)Nc1cccc(OC)c1. The van der Waals surface area contributed by atoms with Crippen LogP contribution in [-0.4, -0.2) is 50.0 Å². The van der Waals surface area contributed by atoms with E-state index in [1.807, 2.05) is 6.92 Å². The van der Waals surface area contributed by atoms with Crippen molar-refractivity contribution in [2.24, 2.45) is 0 Å². The molecule has 1 aromatic carbocycles. The van der Waals surface area contributed by atoms with Gasteiger partial charge in [0.25, 0.3) is 5.91 Å². The molecular weight excluding hydrogens is 300 g/mol. The summed E-state index contributed by atoms with van der Waals surface area (Å²) in [4.78, 5) is 36.1. The minimum atomic E-state index is -0.435. The van der Waals surface area contributed by atoms with Crippen molar-refractivity contribution in [3.8, 4) is 5.75 Å². The van der Waals surface area contributed by atoms with Crippen molar-refractivity contribution in [3.63, 3.8) is 0 Å². The lowest BCUT2D eigenvalue weighted by molar-refractivity contribution is -0.151. The van der Waals surface area contributed by atoms with Gasteiger partial charge < -0.3 is 19.7 Å². The molecule has 0 aliphatic rings. The summed E-state index contributed by atoms with van der Waals surface area (Å²) < 4.78 is 9.88. The first-order chi connectivity index (χ1) is 11.0. The van der Waals surface area contributed by atoms with Crippen molar-refractivity contribution in [3.05, 3.63) is 24.3 Å². The van der Waals surface area contributed by atoms with E-state index >= 15 is 0 Å². The topological polar surface area (TPSA) is 84.9 Å². The molecule has 0 bridgehead atoms. The first-order valence-electron chi connectivity index (χ1n) is 7.29. The van der Waals surface area contributed by atoms with Crippen LogP contribution in [0.1, 0.15) is 19.8 Å². The third-order valence-electron chi connectivity index (χ3n) is 2.97. The molecule has 23 heavy (non-hydrogen) atoms. The van der Waals surface area contributed by atoms with E-state index in [0.717, 1.165) is 0 Å². The molecule has 1 aromatic rings. The van der Waals surface area contributed by atoms with E-state index in [-0.39, 0.29) is 25.5 Å². The van der Waals surface area contributed by atoms with Crippen LogP contribution in [0.2, 0.25) is 0 Å². The number of amides is 2. The average molecular weight is 322 g/mol. The second-order valence-electron chi connectivity index (χ2n) is 4.94. The van der Waals surface area contributed by atoms with Crippen molar-refractivity contribution in [2.75, 3.05) is 32.6 Å². The Balaban J connectivity index is 2.43. The summed E-state index contributed by atoms with van der Waals surface area (Å²) in [6, 6.07) is 6.90. The fourth-order valence-corrected chi connectivity index (χ4v) is 1.73. The normalized spacial score (nSPS) is 9.87. The van der Waals surface area contributed by atoms with Gasteiger partial charge in [-0.1, -0.05) is 13.0 Å². The Hall–Kier alpha value is -2.57. The second-order valence-corrected chi connectivity index (χ2v) is 4.94. The number of esters is 1. The van der Waals surface area contributed by atoms with Gasteiger partial charge in [-0.3, -0.25) is 14.4 Å². The lowest BCUT2D eigenvalue weighted by Gasteiger charge is -2.17. The summed E-state index contributed by atoms with van der Waals surface area (Å²) in [5.74, 6) is -0.589. The quantitative estimate of drug-likeness (QED) is 0.732. The summed E-state index contributed by atoms with van der Waals surface area (Å²) in [6.45, 7) is 1.35. The molecule has 0 atom stereocenters. The molecule has 0 unspecified atom stereocenters. The standard InChI is InChI=1S/C16H22N2O5/c1-4-6-16(21)23-11-15(20)18(2)10-14(19)17-12-7-5-8-13(9-12)22-3/h5,7-9H,4,6,10-11H2,1-3H3,(H,17,19). The van der Waals surface area contributed by atoms with E-state index in [2.05, 4.69) is 5.32 Å². The van der Waals surface area contributed by atoms with Gasteiger partial charge in [-0.05, 0) is 18.6 Å². The fourth-order valence-electron chi connectivity index (χ4n) is 1.73. The Morgan fingerprint density at radius 3 is 2.65 bits per heavy atom. The Morgan fingerprint density at radius 1 is 1.26 bits per heavy atom. The molecule has 0 heterocycles. The maximum atomic E-state index is 11.9. The van der Waals surface area contributed by atoms with Crippen molar-refractivity contribution in [1.82, 2.24) is 4.90 Å². The zero-order chi connectivity index (χ0) is 17.2. The Bertz CT molecular complexity index is 559. The highest BCUT2D eigenvalue weighted by atomic mass is 16.5. The van der Waals surface area contributed by atoms with E-state index in [4.69, 9.17) is 9.47 Å². The molecule has 0 radical (unpaired) electrons. The van der Waals surface area contributed by atoms with Crippen LogP contribution in [0.5, 0.6) is 5.75 Å². The number of hydrogen-bond acceptors (Lipinski definition) is 5. The van der Waals surface area contributed by atoms with Crippen molar-refractivity contribution < 1.29 is 23.9 Å². The maximum absolute atomic E-state index is 11.9. The van der Waals surface area contributed by atoms with Gasteiger partial charge in [-0.2, -0.15) is 0 Å². The number of carbonyl (C=O) groups excluding carboxylic acids is 3. The number of methoxy groups -OCH3 is 1. The molecule has 0 fully saturated rings. The first-order valence-corrected chi connectivity index (χ1v) is 7.29. The van der Waals surface area contributed by atoms with Crippen LogP contribution in [0.3, 0.4) is 0 Å². The average Bonchev–Trinajstić information content (AvgIpc) is 2.52. The molecule has 0 saturated heterocycles. The minimum Gasteiger partial charge on any atom is -0.497 e. The largest absolute Gasteiger partial charge is 0.497 e. The lowest BCUT2D eigenvalue weighted by Crippen LogP contribution is -2.37. The molecule has 0 aliphatic heterocycles. The highest BCUT2D eigenvalue weighted by Gasteiger charge is 2.15. The molecule has 2 amide bonds. The number of ether oxygens (including phenoxy) is 2. The van der Waals surface area contributed by atoms with Crippen LogP contribution in [0, 0.1) is 0 Å². The van der Waals surface area contributed by atoms with E-state index in [1.165, 1.54) is 19.1 Å². The number of benzene rings is 1. The predicted octanol–water partition coefficient (Wildman–Crippen LogP) is 1.44. The van der Waals surface area contributed by atoms with Gasteiger partial charge in [0.15, 0.2) is 6.61 Å². The molecule has 1 N–H and O–H groups in total. The number of nitrogens with one attached hydrogen (secondary N) is 1. The zero-order valence-electron chi connectivity index (χ0n) is 13.6. The van der Waals surface area contributed by atoms with E-state index < -0.39 is 11.9 Å². The molecule has 0 saturated carbocycles. The minimum absolute atomic E-state index is 0.138. The number of nitrogens with zero attached hydrogens (tertiary/aromatic N) is 1. The summed E-state index contributed by atoms with van der Waals surface area (Å²) in [5, 5.41) is 2.67. The van der Waals surface area contributed by atoms with Crippen LogP contribution in [0.4, 0.5) is 5.69 Å². The predicted molar refractivity (Wildman–Crippen MR) is 85.1 cm³/mol. The van der Waals surface area contributed by atoms with Crippen molar-refractivity contribution in [1.29, 1.82) is 0 Å². The van der Waals surface area contributed by atoms with Gasteiger partial charge in [0.05, 0.1) is 13.7 Å². The van der Waals surface area contributed by atoms with Crippen molar-refractivity contribution in [2.45, 2.75) is 19.8 Å². The van der Waals surface area contributed by atoms with Crippen LogP contribution in [0.25, 0.3) is 0 Å². The molecule has 0 spiro atoms. The number of anilines is 1. The van der Waals surface area contributed by atoms with Crippen molar-refractivity contribution >= 4 is 23.5 Å². The summed E-state index contributed by atoms with van der Waals surface area (Å²) in [7, 11) is 3.01. The van der Waals surface area contributed by atoms with Crippen LogP contribution < -0.4 is 10.1 Å². The third-order valence-corrected chi connectivity index (χ3v) is 2.97. The van der Waals surface area contributed by atoms with E-state index in [0.29, 0.717) is 17.9 Å². The molecule has 0 aliphatic carbocycles. The van der Waals surface area contributed by atoms with Crippen LogP contribution in [-0.2, 0) is 19.1 Å². The van der Waals surface area contributed by atoms with Gasteiger partial charge in [0, 0.05) is 25.2 Å². The first kappa shape index (κ1) is 18.5. The monoisotopic (exact) mass is 322 g/mol. The van der Waals surface area contributed by atoms with Gasteiger partial charge >= 0.3 is 5.97 Å². The number of hydrogen-bond donors (Lipinski definition) is 1. The Morgan fingerprint density at radius 2 is 2.00 bits per heavy atom. The van der Waals surface area contributed by atoms with Crippen LogP contribution in [0.15, 0.2) is 24.3 Å². The number of rotatable bonds is 8. The van der Waals surface area contributed by atoms with E-state index in [1.54, 1.807) is 24.3 Å². The number of likely N-dealkylation sites (N-methyl/N-ethyl adjacent to an activating group) is 1. The zero-order valence-corrected chi connectivity index (χ0v) is 13.6. The highest BCUT2D eigenvalue weighted by molar-refractivity contribution is 5.94. The molecule has 0 aromatic heterocycles. The summed E-state index contributed by atoms with van der Waals surface area (Å²) >= 11 is 0. The maximum Gasteiger partial charge on any atom is 0.306 e. The Kier molecular flexibility index (Phi) is 7.59. The molecule has 126 valence electrons. The molecule has 7 nitrogen and oxygen atoms in total. The van der Waals surface area contributed by atoms with E-state index in [9.17, 15) is 14.4 Å². The molecular formula is C16H22N2O5. The van der Waals surface area contributed by atoms with Gasteiger partial charge in [-0.25, -0.2) is 0 Å². The second kappa shape index (κ2) is 9.45. The van der Waals surface area contributed by atoms with Gasteiger partial charge in [0.1, 0.15) is 5.75 Å². The Labute approximate surface area is 135 Å². The smallest absolute Gasteiger partial charge is 0.306 e. The summed E-state index contributed by atoms with van der Waals surface area (Å²) in [6.07, 6.45) is 0.930. The third kappa shape index (κ3) is 6.82. The molecule has 7 heteroatoms. The molecule has 1 rings (SSSR count). The van der Waals surface area contributed by atoms with Gasteiger partial charge in [-0.15, -0.1) is 0 Å².